The Hall–Kier alpha value is -2.71. The monoisotopic (exact) mass is 389 g/mol. The topological polar surface area (TPSA) is 95.6 Å². The first-order valence-corrected chi connectivity index (χ1v) is 10.0. The summed E-state index contributed by atoms with van der Waals surface area (Å²) < 4.78 is 26.3. The largest absolute Gasteiger partial charge is 0.355 e. The van der Waals surface area contributed by atoms with Crippen molar-refractivity contribution in [3.8, 4) is 0 Å². The number of benzene rings is 2. The van der Waals surface area contributed by atoms with Crippen molar-refractivity contribution in [3.05, 3.63) is 59.7 Å². The summed E-state index contributed by atoms with van der Waals surface area (Å²) in [6.07, 6.45) is 0. The van der Waals surface area contributed by atoms with Crippen molar-refractivity contribution in [2.45, 2.75) is 18.7 Å². The summed E-state index contributed by atoms with van der Waals surface area (Å²) in [5.74, 6) is -0.746. The molecule has 0 saturated carbocycles. The molecule has 0 saturated heterocycles. The minimum atomic E-state index is -3.58. The maximum absolute atomic E-state index is 12.5. The van der Waals surface area contributed by atoms with Gasteiger partial charge in [0.2, 0.25) is 10.0 Å². The second kappa shape index (κ2) is 8.79. The second-order valence-electron chi connectivity index (χ2n) is 5.69. The average Bonchev–Trinajstić information content (AvgIpc) is 2.68. The zero-order valence-corrected chi connectivity index (χ0v) is 16.3. The molecule has 0 atom stereocenters. The van der Waals surface area contributed by atoms with Gasteiger partial charge >= 0.3 is 0 Å². The van der Waals surface area contributed by atoms with E-state index >= 15 is 0 Å². The molecule has 144 valence electrons. The Labute approximate surface area is 159 Å². The number of para-hydroxylation sites is 1. The van der Waals surface area contributed by atoms with Crippen LogP contribution in [0.1, 0.15) is 34.6 Å². The van der Waals surface area contributed by atoms with E-state index in [2.05, 4.69) is 10.6 Å². The first-order valence-electron chi connectivity index (χ1n) is 8.57. The molecular formula is C19H23N3O4S. The minimum absolute atomic E-state index is 0.133. The molecule has 27 heavy (non-hydrogen) atoms. The summed E-state index contributed by atoms with van der Waals surface area (Å²) in [4.78, 5) is 24.5. The smallest absolute Gasteiger partial charge is 0.255 e. The highest BCUT2D eigenvalue weighted by Crippen LogP contribution is 2.19. The first kappa shape index (κ1) is 20.6. The molecular weight excluding hydrogens is 366 g/mol. The van der Waals surface area contributed by atoms with Gasteiger partial charge in [0, 0.05) is 25.7 Å². The number of hydrogen-bond donors (Lipinski definition) is 2. The molecule has 7 nitrogen and oxygen atoms in total. The van der Waals surface area contributed by atoms with Crippen LogP contribution in [0.2, 0.25) is 0 Å². The molecule has 2 N–H and O–H groups in total. The molecule has 0 aliphatic rings. The van der Waals surface area contributed by atoms with Crippen LogP contribution in [0.4, 0.5) is 5.69 Å². The lowest BCUT2D eigenvalue weighted by molar-refractivity contribution is 0.0964. The molecule has 0 aliphatic heterocycles. The Kier molecular flexibility index (Phi) is 6.70. The van der Waals surface area contributed by atoms with Crippen LogP contribution in [0.3, 0.4) is 0 Å². The van der Waals surface area contributed by atoms with E-state index in [1.54, 1.807) is 38.1 Å². The molecule has 2 aromatic carbocycles. The highest BCUT2D eigenvalue weighted by atomic mass is 32.2. The predicted octanol–water partition coefficient (Wildman–Crippen LogP) is 2.33. The number of carbonyl (C=O) groups is 2. The van der Waals surface area contributed by atoms with Crippen LogP contribution in [-0.2, 0) is 10.0 Å². The van der Waals surface area contributed by atoms with Crippen LogP contribution in [0, 0.1) is 0 Å². The number of amides is 2. The lowest BCUT2D eigenvalue weighted by Gasteiger charge is -2.18. The molecule has 0 aromatic heterocycles. The van der Waals surface area contributed by atoms with Crippen LogP contribution in [0.15, 0.2) is 53.4 Å². The molecule has 0 fully saturated rings. The Morgan fingerprint density at radius 3 is 2.07 bits per heavy atom. The molecule has 2 rings (SSSR count). The van der Waals surface area contributed by atoms with Crippen molar-refractivity contribution in [1.29, 1.82) is 0 Å². The highest BCUT2D eigenvalue weighted by molar-refractivity contribution is 7.89. The number of rotatable bonds is 7. The summed E-state index contributed by atoms with van der Waals surface area (Å²) in [7, 11) is -2.07. The molecule has 0 heterocycles. The number of carbonyl (C=O) groups excluding carboxylic acids is 2. The van der Waals surface area contributed by atoms with Crippen molar-refractivity contribution in [1.82, 2.24) is 9.62 Å². The molecule has 2 aromatic rings. The van der Waals surface area contributed by atoms with Gasteiger partial charge in [0.15, 0.2) is 0 Å². The molecule has 0 bridgehead atoms. The van der Waals surface area contributed by atoms with Gasteiger partial charge < -0.3 is 10.6 Å². The van der Waals surface area contributed by atoms with Gasteiger partial charge in [0.25, 0.3) is 11.8 Å². The van der Waals surface area contributed by atoms with Gasteiger partial charge in [-0.25, -0.2) is 8.42 Å². The molecule has 8 heteroatoms. The van der Waals surface area contributed by atoms with E-state index in [9.17, 15) is 18.0 Å². The third-order valence-electron chi connectivity index (χ3n) is 4.11. The Balaban J connectivity index is 2.24. The van der Waals surface area contributed by atoms with Gasteiger partial charge in [-0.05, 0) is 36.4 Å². The minimum Gasteiger partial charge on any atom is -0.355 e. The fraction of sp³-hybridized carbons (Fsp3) is 0.263. The Bertz CT molecular complexity index is 920. The summed E-state index contributed by atoms with van der Waals surface area (Å²) in [5, 5.41) is 5.20. The first-order chi connectivity index (χ1) is 12.8. The van der Waals surface area contributed by atoms with Crippen LogP contribution in [-0.4, -0.2) is 44.7 Å². The van der Waals surface area contributed by atoms with E-state index in [4.69, 9.17) is 0 Å². The van der Waals surface area contributed by atoms with E-state index in [1.165, 1.54) is 35.6 Å². The quantitative estimate of drug-likeness (QED) is 0.760. The number of hydrogen-bond acceptors (Lipinski definition) is 4. The van der Waals surface area contributed by atoms with Gasteiger partial charge in [-0.2, -0.15) is 4.31 Å². The number of sulfonamides is 1. The predicted molar refractivity (Wildman–Crippen MR) is 104 cm³/mol. The van der Waals surface area contributed by atoms with Gasteiger partial charge in [0.05, 0.1) is 16.1 Å². The normalized spacial score (nSPS) is 11.3. The molecule has 0 aliphatic carbocycles. The van der Waals surface area contributed by atoms with Gasteiger partial charge in [-0.1, -0.05) is 26.0 Å². The number of nitrogens with one attached hydrogen (secondary N) is 2. The van der Waals surface area contributed by atoms with Crippen molar-refractivity contribution in [2.75, 3.05) is 25.5 Å². The fourth-order valence-corrected chi connectivity index (χ4v) is 4.07. The zero-order chi connectivity index (χ0) is 20.0. The van der Waals surface area contributed by atoms with Crippen LogP contribution in [0.25, 0.3) is 0 Å². The summed E-state index contributed by atoms with van der Waals surface area (Å²) in [6.45, 7) is 4.29. The maximum atomic E-state index is 12.5. The van der Waals surface area contributed by atoms with E-state index < -0.39 is 15.9 Å². The SMILES string of the molecule is CCN(CC)S(=O)(=O)c1ccc(C(=O)Nc2ccccc2C(=O)NC)cc1. The van der Waals surface area contributed by atoms with Crippen LogP contribution >= 0.6 is 0 Å². The third kappa shape index (κ3) is 4.53. The van der Waals surface area contributed by atoms with Crippen molar-refractivity contribution in [3.63, 3.8) is 0 Å². The lowest BCUT2D eigenvalue weighted by atomic mass is 10.1. The second-order valence-corrected chi connectivity index (χ2v) is 7.63. The van der Waals surface area contributed by atoms with Crippen molar-refractivity contribution < 1.29 is 18.0 Å². The molecule has 0 spiro atoms. The van der Waals surface area contributed by atoms with Gasteiger partial charge in [0.1, 0.15) is 0 Å². The van der Waals surface area contributed by atoms with E-state index in [0.717, 1.165) is 0 Å². The van der Waals surface area contributed by atoms with E-state index in [1.807, 2.05) is 0 Å². The summed E-state index contributed by atoms with van der Waals surface area (Å²) >= 11 is 0. The average molecular weight is 389 g/mol. The standard InChI is InChI=1S/C19H23N3O4S/c1-4-22(5-2)27(25,26)15-12-10-14(11-13-15)18(23)21-17-9-7-6-8-16(17)19(24)20-3/h6-13H,4-5H2,1-3H3,(H,20,24)(H,21,23). The van der Waals surface area contributed by atoms with Crippen molar-refractivity contribution in [2.24, 2.45) is 0 Å². The zero-order valence-electron chi connectivity index (χ0n) is 15.5. The highest BCUT2D eigenvalue weighted by Gasteiger charge is 2.22. The molecule has 0 unspecified atom stereocenters. The van der Waals surface area contributed by atoms with Crippen LogP contribution < -0.4 is 10.6 Å². The summed E-state index contributed by atoms with van der Waals surface area (Å²) in [5.41, 5.74) is 1.01. The molecule has 2 amide bonds. The number of nitrogens with zero attached hydrogens (tertiary/aromatic N) is 1. The Morgan fingerprint density at radius 1 is 0.926 bits per heavy atom. The van der Waals surface area contributed by atoms with E-state index in [-0.39, 0.29) is 10.8 Å². The van der Waals surface area contributed by atoms with Gasteiger partial charge in [-0.15, -0.1) is 0 Å². The van der Waals surface area contributed by atoms with Gasteiger partial charge in [-0.3, -0.25) is 9.59 Å². The van der Waals surface area contributed by atoms with Crippen LogP contribution in [0.5, 0.6) is 0 Å². The Morgan fingerprint density at radius 2 is 1.52 bits per heavy atom. The number of anilines is 1. The lowest BCUT2D eigenvalue weighted by Crippen LogP contribution is -2.30. The maximum Gasteiger partial charge on any atom is 0.255 e. The summed E-state index contributed by atoms with van der Waals surface area (Å²) in [6, 6.07) is 12.4. The fourth-order valence-electron chi connectivity index (χ4n) is 2.61. The molecule has 0 radical (unpaired) electrons. The van der Waals surface area contributed by atoms with E-state index in [0.29, 0.717) is 29.9 Å². The van der Waals surface area contributed by atoms with Crippen molar-refractivity contribution >= 4 is 27.5 Å². The third-order valence-corrected chi connectivity index (χ3v) is 6.17.